The number of hydrogen-bond donors (Lipinski definition) is 0. The average Bonchev–Trinajstić information content (AvgIpc) is 2.47. The lowest BCUT2D eigenvalue weighted by molar-refractivity contribution is 0.353. The molecule has 0 aromatic rings. The maximum Gasteiger partial charge on any atom is 0.299 e. The summed E-state index contributed by atoms with van der Waals surface area (Å²) in [5, 5.41) is 0. The van der Waals surface area contributed by atoms with Gasteiger partial charge in [-0.25, -0.2) is 0 Å². The van der Waals surface area contributed by atoms with Crippen LogP contribution in [0.3, 0.4) is 0 Å². The van der Waals surface area contributed by atoms with Gasteiger partial charge in [0.2, 0.25) is 0 Å². The maximum absolute atomic E-state index is 11.0. The molecule has 1 heterocycles. The fourth-order valence-electron chi connectivity index (χ4n) is 1.67. The molecule has 1 aliphatic rings. The Morgan fingerprint density at radius 3 is 2.57 bits per heavy atom. The SMILES string of the molecule is CN(C)CCC1CCN(S(=O)(=O)Cl)C1. The summed E-state index contributed by atoms with van der Waals surface area (Å²) in [7, 11) is 5.81. The zero-order valence-electron chi connectivity index (χ0n) is 8.61. The van der Waals surface area contributed by atoms with Crippen molar-refractivity contribution >= 4 is 19.9 Å². The molecule has 0 bridgehead atoms. The second-order valence-electron chi connectivity index (χ2n) is 4.05. The van der Waals surface area contributed by atoms with E-state index < -0.39 is 9.24 Å². The van der Waals surface area contributed by atoms with Crippen molar-refractivity contribution in [2.24, 2.45) is 5.92 Å². The van der Waals surface area contributed by atoms with Crippen molar-refractivity contribution in [1.82, 2.24) is 9.21 Å². The fraction of sp³-hybridized carbons (Fsp3) is 1.00. The Hall–Kier alpha value is 0.160. The Morgan fingerprint density at radius 2 is 2.14 bits per heavy atom. The lowest BCUT2D eigenvalue weighted by Gasteiger charge is -2.14. The van der Waals surface area contributed by atoms with Crippen molar-refractivity contribution in [3.05, 3.63) is 0 Å². The van der Waals surface area contributed by atoms with Gasteiger partial charge in [-0.2, -0.15) is 12.7 Å². The molecule has 0 amide bonds. The minimum absolute atomic E-state index is 0.464. The summed E-state index contributed by atoms with van der Waals surface area (Å²) in [6.07, 6.45) is 1.97. The first-order valence-corrected chi connectivity index (χ1v) is 7.00. The number of rotatable bonds is 4. The second-order valence-corrected chi connectivity index (χ2v) is 6.56. The van der Waals surface area contributed by atoms with Crippen molar-refractivity contribution in [3.63, 3.8) is 0 Å². The van der Waals surface area contributed by atoms with Crippen molar-refractivity contribution in [2.45, 2.75) is 12.8 Å². The number of nitrogens with zero attached hydrogens (tertiary/aromatic N) is 2. The molecule has 1 aliphatic heterocycles. The van der Waals surface area contributed by atoms with Crippen LogP contribution in [0.2, 0.25) is 0 Å². The maximum atomic E-state index is 11.0. The quantitative estimate of drug-likeness (QED) is 0.681. The highest BCUT2D eigenvalue weighted by molar-refractivity contribution is 8.11. The molecule has 0 spiro atoms. The normalized spacial score (nSPS) is 24.7. The van der Waals surface area contributed by atoms with Crippen LogP contribution >= 0.6 is 10.7 Å². The van der Waals surface area contributed by atoms with E-state index in [-0.39, 0.29) is 0 Å². The molecule has 0 radical (unpaired) electrons. The van der Waals surface area contributed by atoms with E-state index in [4.69, 9.17) is 10.7 Å². The topological polar surface area (TPSA) is 40.6 Å². The van der Waals surface area contributed by atoms with Gasteiger partial charge in [0.05, 0.1) is 0 Å². The van der Waals surface area contributed by atoms with Gasteiger partial charge in [0.25, 0.3) is 9.24 Å². The fourth-order valence-corrected chi connectivity index (χ4v) is 2.76. The molecular weight excluding hydrogens is 224 g/mol. The van der Waals surface area contributed by atoms with Crippen LogP contribution in [-0.2, 0) is 9.24 Å². The van der Waals surface area contributed by atoms with E-state index in [0.717, 1.165) is 19.4 Å². The molecule has 0 aliphatic carbocycles. The Balaban J connectivity index is 2.35. The molecule has 0 aromatic carbocycles. The van der Waals surface area contributed by atoms with Crippen LogP contribution in [0.15, 0.2) is 0 Å². The van der Waals surface area contributed by atoms with Crippen LogP contribution in [-0.4, -0.2) is 51.4 Å². The van der Waals surface area contributed by atoms with Gasteiger partial charge in [-0.1, -0.05) is 0 Å². The van der Waals surface area contributed by atoms with E-state index in [1.807, 2.05) is 14.1 Å². The summed E-state index contributed by atoms with van der Waals surface area (Å²) in [5.41, 5.74) is 0. The number of hydrogen-bond acceptors (Lipinski definition) is 3. The minimum Gasteiger partial charge on any atom is -0.309 e. The van der Waals surface area contributed by atoms with Gasteiger partial charge in [-0.05, 0) is 39.4 Å². The molecule has 0 saturated carbocycles. The van der Waals surface area contributed by atoms with Crippen molar-refractivity contribution in [2.75, 3.05) is 33.7 Å². The molecule has 1 atom stereocenters. The highest BCUT2D eigenvalue weighted by atomic mass is 35.7. The largest absolute Gasteiger partial charge is 0.309 e. The third-order valence-corrected chi connectivity index (χ3v) is 4.08. The van der Waals surface area contributed by atoms with E-state index in [1.165, 1.54) is 4.31 Å². The van der Waals surface area contributed by atoms with E-state index in [2.05, 4.69) is 4.90 Å². The molecule has 1 unspecified atom stereocenters. The predicted molar refractivity (Wildman–Crippen MR) is 57.6 cm³/mol. The summed E-state index contributed by atoms with van der Waals surface area (Å²) < 4.78 is 23.4. The van der Waals surface area contributed by atoms with Gasteiger partial charge in [0, 0.05) is 23.8 Å². The van der Waals surface area contributed by atoms with Crippen LogP contribution in [0.25, 0.3) is 0 Å². The summed E-state index contributed by atoms with van der Waals surface area (Å²) in [6.45, 7) is 2.16. The molecule has 14 heavy (non-hydrogen) atoms. The predicted octanol–water partition coefficient (Wildman–Crippen LogP) is 0.744. The van der Waals surface area contributed by atoms with Gasteiger partial charge in [-0.15, -0.1) is 0 Å². The van der Waals surface area contributed by atoms with E-state index in [0.29, 0.717) is 19.0 Å². The highest BCUT2D eigenvalue weighted by Crippen LogP contribution is 2.23. The van der Waals surface area contributed by atoms with Gasteiger partial charge >= 0.3 is 0 Å². The summed E-state index contributed by atoms with van der Waals surface area (Å²) in [5.74, 6) is 0.464. The zero-order chi connectivity index (χ0) is 10.8. The lowest BCUT2D eigenvalue weighted by Crippen LogP contribution is -2.25. The molecule has 0 N–H and O–H groups in total. The van der Waals surface area contributed by atoms with Crippen LogP contribution in [0, 0.1) is 5.92 Å². The molecule has 1 saturated heterocycles. The first-order chi connectivity index (χ1) is 6.39. The van der Waals surface area contributed by atoms with Gasteiger partial charge in [0.15, 0.2) is 0 Å². The number of halogens is 1. The minimum atomic E-state index is -3.48. The monoisotopic (exact) mass is 240 g/mol. The first kappa shape index (κ1) is 12.2. The average molecular weight is 241 g/mol. The summed E-state index contributed by atoms with van der Waals surface area (Å²) in [4.78, 5) is 2.11. The molecular formula is C8H17ClN2O2S. The summed E-state index contributed by atoms with van der Waals surface area (Å²) >= 11 is 0. The third kappa shape index (κ3) is 3.73. The van der Waals surface area contributed by atoms with Crippen molar-refractivity contribution < 1.29 is 8.42 Å². The lowest BCUT2D eigenvalue weighted by atomic mass is 10.1. The van der Waals surface area contributed by atoms with Gasteiger partial charge < -0.3 is 4.90 Å². The Morgan fingerprint density at radius 1 is 1.50 bits per heavy atom. The molecule has 6 heteroatoms. The molecule has 4 nitrogen and oxygen atoms in total. The van der Waals surface area contributed by atoms with E-state index >= 15 is 0 Å². The Bertz CT molecular complexity index is 279. The third-order valence-electron chi connectivity index (χ3n) is 2.54. The van der Waals surface area contributed by atoms with Crippen LogP contribution < -0.4 is 0 Å². The molecule has 1 rings (SSSR count). The molecule has 1 fully saturated rings. The highest BCUT2D eigenvalue weighted by Gasteiger charge is 2.29. The van der Waals surface area contributed by atoms with Crippen LogP contribution in [0.5, 0.6) is 0 Å². The second kappa shape index (κ2) is 4.79. The van der Waals surface area contributed by atoms with Crippen molar-refractivity contribution in [1.29, 1.82) is 0 Å². The van der Waals surface area contributed by atoms with Gasteiger partial charge in [-0.3, -0.25) is 0 Å². The smallest absolute Gasteiger partial charge is 0.299 e. The summed E-state index contributed by atoms with van der Waals surface area (Å²) in [6, 6.07) is 0. The zero-order valence-corrected chi connectivity index (χ0v) is 10.2. The Labute approximate surface area is 90.4 Å². The van der Waals surface area contributed by atoms with Crippen LogP contribution in [0.1, 0.15) is 12.8 Å². The standard InChI is InChI=1S/C8H17ClN2O2S/c1-10(2)5-3-8-4-6-11(7-8)14(9,12)13/h8H,3-7H2,1-2H3. The van der Waals surface area contributed by atoms with Crippen molar-refractivity contribution in [3.8, 4) is 0 Å². The molecule has 0 aromatic heterocycles. The van der Waals surface area contributed by atoms with E-state index in [1.54, 1.807) is 0 Å². The Kier molecular flexibility index (Phi) is 4.18. The van der Waals surface area contributed by atoms with E-state index in [9.17, 15) is 8.42 Å². The first-order valence-electron chi connectivity index (χ1n) is 4.74. The van der Waals surface area contributed by atoms with Crippen LogP contribution in [0.4, 0.5) is 0 Å². The van der Waals surface area contributed by atoms with Gasteiger partial charge in [0.1, 0.15) is 0 Å². The molecule has 84 valence electrons.